The first-order valence-corrected chi connectivity index (χ1v) is 7.69. The summed E-state index contributed by atoms with van der Waals surface area (Å²) in [7, 11) is -18.0. The summed E-state index contributed by atoms with van der Waals surface area (Å²) in [5.74, 6) is -3.81. The maximum Gasteiger partial charge on any atom is 0.673 e. The molecule has 2 rings (SSSR count). The molecule has 1 aliphatic carbocycles. The van der Waals surface area contributed by atoms with Crippen molar-refractivity contribution in [1.82, 2.24) is 4.90 Å². The van der Waals surface area contributed by atoms with E-state index in [2.05, 4.69) is 0 Å². The lowest BCUT2D eigenvalue weighted by atomic mass is 10.2. The number of rotatable bonds is 0. The van der Waals surface area contributed by atoms with Gasteiger partial charge in [-0.1, -0.05) is 0 Å². The van der Waals surface area contributed by atoms with Crippen molar-refractivity contribution >= 4 is 27.9 Å². The number of nitrogens with zero attached hydrogens (tertiary/aromatic N) is 1. The second-order valence-electron chi connectivity index (χ2n) is 6.76. The van der Waals surface area contributed by atoms with Gasteiger partial charge in [0, 0.05) is 13.1 Å². The molecule has 30 heavy (non-hydrogen) atoms. The van der Waals surface area contributed by atoms with E-state index in [0.29, 0.717) is 0 Å². The Morgan fingerprint density at radius 3 is 1.20 bits per heavy atom. The van der Waals surface area contributed by atoms with E-state index in [1.165, 1.54) is 4.90 Å². The fraction of sp³-hybridized carbons (Fsp3) is 0.900. The minimum Gasteiger partial charge on any atom is -0.444 e. The molecule has 20 heteroatoms. The predicted octanol–water partition coefficient (Wildman–Crippen LogP) is 6.02. The highest BCUT2D eigenvalue weighted by molar-refractivity contribution is 6.50. The van der Waals surface area contributed by atoms with E-state index in [4.69, 9.17) is 4.74 Å². The van der Waals surface area contributed by atoms with Crippen molar-refractivity contribution in [2.75, 3.05) is 13.1 Å². The molecule has 0 aromatic rings. The first kappa shape index (κ1) is 30.7. The van der Waals surface area contributed by atoms with Crippen molar-refractivity contribution in [1.29, 1.82) is 0 Å². The SMILES string of the molecule is CC(C)(C)OC(=O)N1CC2C(C1)C2(F)F.F[B-](F)(F)F.F[B-](F)(F)F.F[B-](F)(F)F. The minimum absolute atomic E-state index is 0.132. The molecule has 1 saturated carbocycles. The van der Waals surface area contributed by atoms with Crippen molar-refractivity contribution in [3.63, 3.8) is 0 Å². The fourth-order valence-corrected chi connectivity index (χ4v) is 1.98. The maximum absolute atomic E-state index is 12.8. The number of carbonyl (C=O) groups is 1. The predicted molar refractivity (Wildman–Crippen MR) is 80.3 cm³/mol. The van der Waals surface area contributed by atoms with Gasteiger partial charge in [0.2, 0.25) is 0 Å². The fourth-order valence-electron chi connectivity index (χ4n) is 1.98. The van der Waals surface area contributed by atoms with Crippen LogP contribution in [0.4, 0.5) is 65.4 Å². The maximum atomic E-state index is 12.8. The zero-order valence-corrected chi connectivity index (χ0v) is 15.4. The summed E-state index contributed by atoms with van der Waals surface area (Å²) in [5, 5.41) is 0. The summed E-state index contributed by atoms with van der Waals surface area (Å²) in [6.07, 6.45) is -0.481. The number of fused-ring (bicyclic) bond motifs is 1. The topological polar surface area (TPSA) is 29.5 Å². The van der Waals surface area contributed by atoms with Gasteiger partial charge in [-0.15, -0.1) is 0 Å². The minimum atomic E-state index is -6.00. The van der Waals surface area contributed by atoms with Crippen LogP contribution in [-0.2, 0) is 4.74 Å². The van der Waals surface area contributed by atoms with Gasteiger partial charge in [-0.25, -0.2) is 13.6 Å². The monoisotopic (exact) mass is 480 g/mol. The Morgan fingerprint density at radius 1 is 0.767 bits per heavy atom. The van der Waals surface area contributed by atoms with Crippen molar-refractivity contribution in [3.8, 4) is 0 Å². The van der Waals surface area contributed by atoms with Crippen LogP contribution in [-0.4, -0.2) is 57.4 Å². The number of hydrogen-bond donors (Lipinski definition) is 0. The summed E-state index contributed by atoms with van der Waals surface area (Å²) >= 11 is 0. The number of likely N-dealkylation sites (tertiary alicyclic amines) is 1. The number of ether oxygens (including phenoxy) is 1. The Balaban J connectivity index is 0. The average Bonchev–Trinajstić information content (AvgIpc) is 2.72. The molecule has 3 nitrogen and oxygen atoms in total. The Kier molecular flexibility index (Phi) is 10.4. The average molecular weight is 480 g/mol. The largest absolute Gasteiger partial charge is 0.673 e. The van der Waals surface area contributed by atoms with Crippen molar-refractivity contribution < 1.29 is 70.1 Å². The van der Waals surface area contributed by atoms with Crippen LogP contribution < -0.4 is 0 Å². The molecule has 1 saturated heterocycles. The van der Waals surface area contributed by atoms with Crippen LogP contribution in [0.5, 0.6) is 0 Å². The van der Waals surface area contributed by atoms with Gasteiger partial charge >= 0.3 is 27.9 Å². The van der Waals surface area contributed by atoms with E-state index in [0.717, 1.165) is 0 Å². The van der Waals surface area contributed by atoms with Crippen molar-refractivity contribution in [3.05, 3.63) is 0 Å². The van der Waals surface area contributed by atoms with E-state index in [1.54, 1.807) is 20.8 Å². The van der Waals surface area contributed by atoms with Gasteiger partial charge in [0.25, 0.3) is 5.92 Å². The van der Waals surface area contributed by atoms with Crippen LogP contribution in [0, 0.1) is 11.8 Å². The molecule has 1 aliphatic heterocycles. The van der Waals surface area contributed by atoms with Crippen LogP contribution in [0.2, 0.25) is 0 Å². The molecule has 2 aliphatic rings. The normalized spacial score (nSPS) is 22.2. The third-order valence-electron chi connectivity index (χ3n) is 2.85. The van der Waals surface area contributed by atoms with E-state index in [-0.39, 0.29) is 13.1 Å². The highest BCUT2D eigenvalue weighted by Gasteiger charge is 2.72. The van der Waals surface area contributed by atoms with Crippen molar-refractivity contribution in [2.24, 2.45) is 11.8 Å². The van der Waals surface area contributed by atoms with Gasteiger partial charge in [0.15, 0.2) is 0 Å². The number of alkyl halides is 2. The van der Waals surface area contributed by atoms with Gasteiger partial charge in [0.1, 0.15) is 5.60 Å². The smallest absolute Gasteiger partial charge is 0.444 e. The molecule has 2 unspecified atom stereocenters. The molecule has 2 fully saturated rings. The van der Waals surface area contributed by atoms with Crippen molar-refractivity contribution in [2.45, 2.75) is 32.3 Å². The van der Waals surface area contributed by atoms with E-state index >= 15 is 0 Å². The summed E-state index contributed by atoms with van der Waals surface area (Å²) in [5.41, 5.74) is -0.563. The molecule has 1 heterocycles. The zero-order chi connectivity index (χ0) is 24.9. The third kappa shape index (κ3) is 19.8. The van der Waals surface area contributed by atoms with Crippen LogP contribution >= 0.6 is 0 Å². The van der Waals surface area contributed by atoms with E-state index in [9.17, 15) is 65.4 Å². The van der Waals surface area contributed by atoms with Gasteiger partial charge in [-0.3, -0.25) is 0 Å². The lowest BCUT2D eigenvalue weighted by molar-refractivity contribution is 0.0120. The Bertz CT molecular complexity index is 484. The third-order valence-corrected chi connectivity index (χ3v) is 2.85. The molecule has 2 atom stereocenters. The molecular weight excluding hydrogens is 465 g/mol. The quantitative estimate of drug-likeness (QED) is 0.314. The highest BCUT2D eigenvalue weighted by atomic mass is 19.5. The molecule has 182 valence electrons. The molecule has 0 aromatic carbocycles. The Morgan fingerprint density at radius 2 is 1.00 bits per heavy atom. The zero-order valence-electron chi connectivity index (χ0n) is 15.4. The molecule has 0 bridgehead atoms. The first-order valence-electron chi connectivity index (χ1n) is 7.69. The molecular formula is C10H15B3F14NO2-3. The molecule has 0 N–H and O–H groups in total. The van der Waals surface area contributed by atoms with Gasteiger partial charge in [-0.05, 0) is 20.8 Å². The van der Waals surface area contributed by atoms with Crippen LogP contribution in [0.25, 0.3) is 0 Å². The highest BCUT2D eigenvalue weighted by Crippen LogP contribution is 2.59. The summed E-state index contributed by atoms with van der Waals surface area (Å²) in [6.45, 7) is 5.54. The lowest BCUT2D eigenvalue weighted by Crippen LogP contribution is -2.38. The Hall–Kier alpha value is -1.52. The summed E-state index contributed by atoms with van der Waals surface area (Å²) in [6, 6.07) is 0. The summed E-state index contributed by atoms with van der Waals surface area (Å²) in [4.78, 5) is 12.9. The number of carbonyl (C=O) groups excluding carboxylic acids is 1. The number of hydrogen-bond acceptors (Lipinski definition) is 2. The standard InChI is InChI=1S/C10H15F2NO2.3BF4/c1-9(2,3)15-8(14)13-4-6-7(5-13)10(6,11)12;3*2-1(3,4)5/h6-7H,4-5H2,1-3H3;;;/q;3*-1. The van der Waals surface area contributed by atoms with E-state index < -0.39 is 51.2 Å². The second kappa shape index (κ2) is 10.2. The lowest BCUT2D eigenvalue weighted by Gasteiger charge is -2.25. The molecule has 0 spiro atoms. The Labute approximate surface area is 161 Å². The number of amides is 1. The van der Waals surface area contributed by atoms with E-state index in [1.807, 2.05) is 0 Å². The first-order chi connectivity index (χ1) is 12.7. The van der Waals surface area contributed by atoms with Crippen LogP contribution in [0.15, 0.2) is 0 Å². The number of halogens is 14. The van der Waals surface area contributed by atoms with Gasteiger partial charge in [0.05, 0.1) is 11.8 Å². The number of piperidine rings is 1. The van der Waals surface area contributed by atoms with Gasteiger partial charge < -0.3 is 61.4 Å². The molecule has 0 radical (unpaired) electrons. The summed E-state index contributed by atoms with van der Waals surface area (Å²) < 4.78 is 148. The van der Waals surface area contributed by atoms with Gasteiger partial charge in [-0.2, -0.15) is 0 Å². The van der Waals surface area contributed by atoms with Crippen LogP contribution in [0.3, 0.4) is 0 Å². The second-order valence-corrected chi connectivity index (χ2v) is 6.76. The molecule has 1 amide bonds. The van der Waals surface area contributed by atoms with Crippen LogP contribution in [0.1, 0.15) is 20.8 Å². The molecule has 0 aromatic heterocycles.